The van der Waals surface area contributed by atoms with Gasteiger partial charge in [-0.25, -0.2) is 9.97 Å². The lowest BCUT2D eigenvalue weighted by molar-refractivity contribution is -0.136. The number of rotatable bonds is 4. The number of benzene rings is 2. The lowest BCUT2D eigenvalue weighted by Crippen LogP contribution is -2.52. The Bertz CT molecular complexity index is 1150. The van der Waals surface area contributed by atoms with Crippen LogP contribution in [0.4, 0.5) is 11.5 Å². The van der Waals surface area contributed by atoms with Crippen molar-refractivity contribution < 1.29 is 9.53 Å². The van der Waals surface area contributed by atoms with Gasteiger partial charge in [0.15, 0.2) is 5.82 Å². The number of halogens is 1. The van der Waals surface area contributed by atoms with Gasteiger partial charge in [0.25, 0.3) is 5.88 Å². The molecule has 1 aromatic heterocycles. The molecule has 1 amide bonds. The Labute approximate surface area is 198 Å². The van der Waals surface area contributed by atoms with Crippen LogP contribution < -0.4 is 14.5 Å². The quantitative estimate of drug-likeness (QED) is 0.583. The topological polar surface area (TPSA) is 61.8 Å². The molecule has 8 heteroatoms. The number of carbonyl (C=O) groups excluding carboxylic acids is 1. The number of carbonyl (C=O) groups is 1. The zero-order valence-electron chi connectivity index (χ0n) is 18.8. The molecule has 5 rings (SSSR count). The van der Waals surface area contributed by atoms with Gasteiger partial charge in [-0.05, 0) is 37.1 Å². The summed E-state index contributed by atoms with van der Waals surface area (Å²) in [6, 6.07) is 15.7. The Balaban J connectivity index is 1.27. The molecule has 7 nitrogen and oxygen atoms in total. The number of methoxy groups -OCH3 is 1. The van der Waals surface area contributed by atoms with Gasteiger partial charge in [0.2, 0.25) is 5.91 Å². The highest BCUT2D eigenvalue weighted by atomic mass is 35.5. The number of amides is 1. The number of nitrogens with zero attached hydrogens (tertiary/aromatic N) is 5. The smallest absolute Gasteiger partial charge is 0.257 e. The first-order chi connectivity index (χ1) is 16.1. The van der Waals surface area contributed by atoms with E-state index in [4.69, 9.17) is 21.3 Å². The molecule has 2 saturated heterocycles. The summed E-state index contributed by atoms with van der Waals surface area (Å²) in [7, 11) is 1.62. The number of hydrogen-bond acceptors (Lipinski definition) is 6. The van der Waals surface area contributed by atoms with Gasteiger partial charge >= 0.3 is 0 Å². The summed E-state index contributed by atoms with van der Waals surface area (Å²) in [5, 5.41) is 0.755. The van der Waals surface area contributed by atoms with E-state index in [0.29, 0.717) is 25.5 Å². The lowest BCUT2D eigenvalue weighted by atomic mass is 9.96. The Morgan fingerprint density at radius 1 is 0.939 bits per heavy atom. The molecule has 2 aliphatic rings. The Hall–Kier alpha value is -3.06. The molecule has 0 N–H and O–H groups in total. The summed E-state index contributed by atoms with van der Waals surface area (Å²) < 4.78 is 5.56. The number of piperidine rings is 1. The van der Waals surface area contributed by atoms with Crippen molar-refractivity contribution in [2.24, 2.45) is 5.92 Å². The highest BCUT2D eigenvalue weighted by Crippen LogP contribution is 2.31. The van der Waals surface area contributed by atoms with E-state index in [1.165, 1.54) is 0 Å². The van der Waals surface area contributed by atoms with Crippen LogP contribution in [0, 0.1) is 5.92 Å². The number of para-hydroxylation sites is 3. The molecule has 0 unspecified atom stereocenters. The van der Waals surface area contributed by atoms with Gasteiger partial charge in [0.1, 0.15) is 0 Å². The number of anilines is 2. The third-order valence-electron chi connectivity index (χ3n) is 6.57. The second kappa shape index (κ2) is 9.43. The minimum Gasteiger partial charge on any atom is -0.478 e. The van der Waals surface area contributed by atoms with E-state index in [9.17, 15) is 4.79 Å². The van der Waals surface area contributed by atoms with Gasteiger partial charge in [-0.1, -0.05) is 35.9 Å². The van der Waals surface area contributed by atoms with E-state index in [0.717, 1.165) is 60.0 Å². The fourth-order valence-corrected chi connectivity index (χ4v) is 5.08. The fraction of sp³-hybridized carbons (Fsp3) is 0.400. The van der Waals surface area contributed by atoms with E-state index >= 15 is 0 Å². The summed E-state index contributed by atoms with van der Waals surface area (Å²) in [5.74, 6) is 1.40. The average Bonchev–Trinajstić information content (AvgIpc) is 2.88. The molecule has 2 aromatic carbocycles. The molecule has 33 heavy (non-hydrogen) atoms. The third-order valence-corrected chi connectivity index (χ3v) is 6.89. The van der Waals surface area contributed by atoms with E-state index in [1.807, 2.05) is 53.4 Å². The van der Waals surface area contributed by atoms with E-state index < -0.39 is 0 Å². The zero-order valence-corrected chi connectivity index (χ0v) is 19.5. The molecule has 0 spiro atoms. The highest BCUT2D eigenvalue weighted by Gasteiger charge is 2.33. The molecule has 172 valence electrons. The predicted octanol–water partition coefficient (Wildman–Crippen LogP) is 3.86. The predicted molar refractivity (Wildman–Crippen MR) is 131 cm³/mol. The zero-order chi connectivity index (χ0) is 22.8. The van der Waals surface area contributed by atoms with Crippen molar-refractivity contribution in [3.05, 3.63) is 53.6 Å². The molecule has 0 radical (unpaired) electrons. The number of ether oxygens (including phenoxy) is 1. The van der Waals surface area contributed by atoms with Crippen LogP contribution in [0.1, 0.15) is 12.8 Å². The van der Waals surface area contributed by atoms with Gasteiger partial charge < -0.3 is 19.4 Å². The minimum absolute atomic E-state index is 0.0522. The number of fused-ring (bicyclic) bond motifs is 1. The number of hydrogen-bond donors (Lipinski definition) is 0. The van der Waals surface area contributed by atoms with Crippen molar-refractivity contribution in [2.45, 2.75) is 12.8 Å². The van der Waals surface area contributed by atoms with E-state index in [2.05, 4.69) is 14.8 Å². The van der Waals surface area contributed by atoms with Gasteiger partial charge in [-0.3, -0.25) is 4.79 Å². The summed E-state index contributed by atoms with van der Waals surface area (Å²) in [4.78, 5) is 29.3. The van der Waals surface area contributed by atoms with Crippen molar-refractivity contribution in [1.29, 1.82) is 0 Å². The summed E-state index contributed by atoms with van der Waals surface area (Å²) in [6.07, 6.45) is 1.83. The largest absolute Gasteiger partial charge is 0.478 e. The molecule has 0 saturated carbocycles. The van der Waals surface area contributed by atoms with Crippen LogP contribution in [0.5, 0.6) is 5.88 Å². The molecule has 0 bridgehead atoms. The molecular formula is C25H28ClN5O2. The molecule has 3 aromatic rings. The van der Waals surface area contributed by atoms with Crippen molar-refractivity contribution in [2.75, 3.05) is 56.2 Å². The van der Waals surface area contributed by atoms with Crippen molar-refractivity contribution >= 4 is 40.0 Å². The molecule has 2 fully saturated rings. The number of aromatic nitrogens is 2. The van der Waals surface area contributed by atoms with Gasteiger partial charge in [0, 0.05) is 39.3 Å². The van der Waals surface area contributed by atoms with Crippen LogP contribution in [0.2, 0.25) is 5.02 Å². The Kier molecular flexibility index (Phi) is 6.22. The molecule has 2 aliphatic heterocycles. The summed E-state index contributed by atoms with van der Waals surface area (Å²) in [5.41, 5.74) is 2.67. The first kappa shape index (κ1) is 21.8. The van der Waals surface area contributed by atoms with Gasteiger partial charge in [-0.2, -0.15) is 0 Å². The first-order valence-corrected chi connectivity index (χ1v) is 11.9. The second-order valence-electron chi connectivity index (χ2n) is 8.59. The van der Waals surface area contributed by atoms with Crippen LogP contribution >= 0.6 is 11.6 Å². The maximum atomic E-state index is 13.4. The summed E-state index contributed by atoms with van der Waals surface area (Å²) >= 11 is 6.36. The number of piperazine rings is 1. The van der Waals surface area contributed by atoms with Gasteiger partial charge in [-0.15, -0.1) is 0 Å². The van der Waals surface area contributed by atoms with Crippen molar-refractivity contribution in [3.8, 4) is 5.88 Å². The Morgan fingerprint density at radius 2 is 1.64 bits per heavy atom. The standard InChI is InChI=1S/C25H28ClN5O2/c1-33-24-23(27-20-9-3-4-10-21(20)28-24)31-12-6-7-18(17-31)25(32)30-15-13-29(14-16-30)22-11-5-2-8-19(22)26/h2-5,8-11,18H,6-7,12-17H2,1H3/t18-/m0/s1. The second-order valence-corrected chi connectivity index (χ2v) is 9.00. The van der Waals surface area contributed by atoms with E-state index in [1.54, 1.807) is 7.11 Å². The molecule has 0 aliphatic carbocycles. The monoisotopic (exact) mass is 465 g/mol. The minimum atomic E-state index is -0.0522. The first-order valence-electron chi connectivity index (χ1n) is 11.5. The van der Waals surface area contributed by atoms with Crippen LogP contribution in [0.3, 0.4) is 0 Å². The van der Waals surface area contributed by atoms with Crippen molar-refractivity contribution in [1.82, 2.24) is 14.9 Å². The molecular weight excluding hydrogens is 438 g/mol. The maximum Gasteiger partial charge on any atom is 0.257 e. The van der Waals surface area contributed by atoms with Crippen LogP contribution in [0.15, 0.2) is 48.5 Å². The van der Waals surface area contributed by atoms with Crippen molar-refractivity contribution in [3.63, 3.8) is 0 Å². The summed E-state index contributed by atoms with van der Waals surface area (Å²) in [6.45, 7) is 4.46. The van der Waals surface area contributed by atoms with E-state index in [-0.39, 0.29) is 11.8 Å². The average molecular weight is 466 g/mol. The van der Waals surface area contributed by atoms with Crippen LogP contribution in [-0.2, 0) is 4.79 Å². The lowest BCUT2D eigenvalue weighted by Gasteiger charge is -2.40. The SMILES string of the molecule is COc1nc2ccccc2nc1N1CCC[C@H](C(=O)N2CCN(c3ccccc3Cl)CC2)C1. The molecule has 3 heterocycles. The normalized spacial score (nSPS) is 19.1. The van der Waals surface area contributed by atoms with Gasteiger partial charge in [0.05, 0.1) is 34.8 Å². The Morgan fingerprint density at radius 3 is 2.36 bits per heavy atom. The van der Waals surface area contributed by atoms with Crippen LogP contribution in [-0.4, -0.2) is 67.2 Å². The van der Waals surface area contributed by atoms with Crippen LogP contribution in [0.25, 0.3) is 11.0 Å². The fourth-order valence-electron chi connectivity index (χ4n) is 4.82. The third kappa shape index (κ3) is 4.42. The molecule has 1 atom stereocenters. The maximum absolute atomic E-state index is 13.4. The highest BCUT2D eigenvalue weighted by molar-refractivity contribution is 6.33.